The van der Waals surface area contributed by atoms with Gasteiger partial charge in [0.05, 0.1) is 18.1 Å². The van der Waals surface area contributed by atoms with Gasteiger partial charge in [0.1, 0.15) is 5.82 Å². The van der Waals surface area contributed by atoms with Crippen LogP contribution in [0.4, 0.5) is 4.39 Å². The fourth-order valence-electron chi connectivity index (χ4n) is 2.09. The Morgan fingerprint density at radius 1 is 1.53 bits per heavy atom. The van der Waals surface area contributed by atoms with Crippen LogP contribution >= 0.6 is 15.9 Å². The Balaban J connectivity index is 2.40. The summed E-state index contributed by atoms with van der Waals surface area (Å²) in [6.45, 7) is 3.02. The average Bonchev–Trinajstić information content (AvgIpc) is 2.38. The lowest BCUT2D eigenvalue weighted by molar-refractivity contribution is 0.0314. The van der Waals surface area contributed by atoms with Crippen LogP contribution in [0.2, 0.25) is 0 Å². The van der Waals surface area contributed by atoms with E-state index in [2.05, 4.69) is 15.9 Å². The van der Waals surface area contributed by atoms with E-state index < -0.39 is 15.8 Å². The molecule has 1 aromatic rings. The maximum atomic E-state index is 13.1. The molecule has 0 spiro atoms. The lowest BCUT2D eigenvalue weighted by Gasteiger charge is -2.34. The van der Waals surface area contributed by atoms with E-state index in [1.54, 1.807) is 0 Å². The predicted octanol–water partition coefficient (Wildman–Crippen LogP) is 2.39. The predicted molar refractivity (Wildman–Crippen MR) is 72.9 cm³/mol. The first-order chi connectivity index (χ1) is 8.96. The van der Waals surface area contributed by atoms with E-state index in [9.17, 15) is 12.8 Å². The third-order valence-electron chi connectivity index (χ3n) is 3.13. The fraction of sp³-hybridized carbons (Fsp3) is 0.500. The van der Waals surface area contributed by atoms with Crippen molar-refractivity contribution in [2.24, 2.45) is 0 Å². The number of halogens is 2. The van der Waals surface area contributed by atoms with Crippen molar-refractivity contribution in [3.63, 3.8) is 0 Å². The lowest BCUT2D eigenvalue weighted by Crippen LogP contribution is -2.48. The zero-order chi connectivity index (χ0) is 14.0. The average molecular weight is 352 g/mol. The van der Waals surface area contributed by atoms with E-state index >= 15 is 0 Å². The summed E-state index contributed by atoms with van der Waals surface area (Å²) in [4.78, 5) is 0.0919. The molecular formula is C12H15BrFNO3S. The minimum Gasteiger partial charge on any atom is -0.378 e. The Morgan fingerprint density at radius 2 is 2.26 bits per heavy atom. The van der Waals surface area contributed by atoms with Gasteiger partial charge < -0.3 is 4.74 Å². The van der Waals surface area contributed by atoms with E-state index in [1.807, 2.05) is 6.92 Å². The van der Waals surface area contributed by atoms with Crippen molar-refractivity contribution in [2.75, 3.05) is 19.8 Å². The Bertz CT molecular complexity index is 564. The molecular weight excluding hydrogens is 337 g/mol. The number of benzene rings is 1. The largest absolute Gasteiger partial charge is 0.378 e. The molecule has 106 valence electrons. The Hall–Kier alpha value is -0.500. The van der Waals surface area contributed by atoms with Crippen molar-refractivity contribution in [1.29, 1.82) is 0 Å². The Morgan fingerprint density at radius 3 is 2.89 bits per heavy atom. The van der Waals surface area contributed by atoms with Gasteiger partial charge in [-0.2, -0.15) is 4.31 Å². The minimum absolute atomic E-state index is 0.0919. The summed E-state index contributed by atoms with van der Waals surface area (Å²) in [5.74, 6) is -0.472. The zero-order valence-corrected chi connectivity index (χ0v) is 12.9. The van der Waals surface area contributed by atoms with E-state index in [1.165, 1.54) is 10.4 Å². The van der Waals surface area contributed by atoms with E-state index in [4.69, 9.17) is 4.74 Å². The smallest absolute Gasteiger partial charge is 0.244 e. The molecule has 0 aliphatic carbocycles. The quantitative estimate of drug-likeness (QED) is 0.839. The van der Waals surface area contributed by atoms with Crippen LogP contribution in [0.25, 0.3) is 0 Å². The van der Waals surface area contributed by atoms with Crippen molar-refractivity contribution < 1.29 is 17.5 Å². The van der Waals surface area contributed by atoms with E-state index in [0.29, 0.717) is 26.2 Å². The number of hydrogen-bond donors (Lipinski definition) is 0. The molecule has 1 fully saturated rings. The van der Waals surface area contributed by atoms with Gasteiger partial charge in [-0.25, -0.2) is 12.8 Å². The Labute approximate surface area is 120 Å². The second-order valence-electron chi connectivity index (χ2n) is 4.33. The van der Waals surface area contributed by atoms with Crippen molar-refractivity contribution in [2.45, 2.75) is 24.3 Å². The molecule has 0 aromatic heterocycles. The van der Waals surface area contributed by atoms with Gasteiger partial charge in [-0.05, 0) is 40.5 Å². The molecule has 1 aliphatic heterocycles. The molecule has 0 saturated carbocycles. The molecule has 1 aliphatic rings. The van der Waals surface area contributed by atoms with Gasteiger partial charge in [0.25, 0.3) is 0 Å². The van der Waals surface area contributed by atoms with Crippen LogP contribution < -0.4 is 0 Å². The molecule has 0 radical (unpaired) electrons. The first-order valence-electron chi connectivity index (χ1n) is 6.01. The fourth-order valence-corrected chi connectivity index (χ4v) is 4.77. The van der Waals surface area contributed by atoms with Gasteiger partial charge in [0, 0.05) is 17.1 Å². The van der Waals surface area contributed by atoms with Crippen LogP contribution in [0, 0.1) is 5.82 Å². The monoisotopic (exact) mass is 351 g/mol. The van der Waals surface area contributed by atoms with Gasteiger partial charge >= 0.3 is 0 Å². The summed E-state index contributed by atoms with van der Waals surface area (Å²) < 4.78 is 45.3. The number of hydrogen-bond acceptors (Lipinski definition) is 3. The molecule has 1 saturated heterocycles. The molecule has 1 atom stereocenters. The topological polar surface area (TPSA) is 46.6 Å². The number of ether oxygens (including phenoxy) is 1. The summed E-state index contributed by atoms with van der Waals surface area (Å²) in [5.41, 5.74) is 0. The minimum atomic E-state index is -3.63. The molecule has 7 heteroatoms. The summed E-state index contributed by atoms with van der Waals surface area (Å²) in [7, 11) is -3.63. The second kappa shape index (κ2) is 5.87. The molecule has 1 unspecified atom stereocenters. The van der Waals surface area contributed by atoms with Crippen LogP contribution in [0.5, 0.6) is 0 Å². The summed E-state index contributed by atoms with van der Waals surface area (Å²) >= 11 is 3.11. The van der Waals surface area contributed by atoms with Crippen LogP contribution in [0.15, 0.2) is 27.6 Å². The van der Waals surface area contributed by atoms with E-state index in [-0.39, 0.29) is 15.4 Å². The lowest BCUT2D eigenvalue weighted by atomic mass is 10.2. The number of morpholine rings is 1. The highest BCUT2D eigenvalue weighted by atomic mass is 79.9. The molecule has 19 heavy (non-hydrogen) atoms. The number of nitrogens with zero attached hydrogens (tertiary/aromatic N) is 1. The van der Waals surface area contributed by atoms with Crippen LogP contribution in [-0.4, -0.2) is 38.5 Å². The van der Waals surface area contributed by atoms with Gasteiger partial charge in [0.15, 0.2) is 0 Å². The third-order valence-corrected chi connectivity index (χ3v) is 6.05. The molecule has 1 heterocycles. The molecule has 0 N–H and O–H groups in total. The molecule has 0 bridgehead atoms. The van der Waals surface area contributed by atoms with Gasteiger partial charge in [-0.15, -0.1) is 0 Å². The first kappa shape index (κ1) is 14.9. The summed E-state index contributed by atoms with van der Waals surface area (Å²) in [5, 5.41) is 0. The first-order valence-corrected chi connectivity index (χ1v) is 8.24. The normalized spacial score (nSPS) is 21.5. The Kier molecular flexibility index (Phi) is 4.60. The van der Waals surface area contributed by atoms with Crippen LogP contribution in [0.3, 0.4) is 0 Å². The van der Waals surface area contributed by atoms with Crippen LogP contribution in [-0.2, 0) is 14.8 Å². The maximum absolute atomic E-state index is 13.1. The highest BCUT2D eigenvalue weighted by Crippen LogP contribution is 2.28. The molecule has 4 nitrogen and oxygen atoms in total. The number of sulfonamides is 1. The summed E-state index contributed by atoms with van der Waals surface area (Å²) in [6.07, 6.45) is 0.679. The van der Waals surface area contributed by atoms with Crippen molar-refractivity contribution in [3.8, 4) is 0 Å². The van der Waals surface area contributed by atoms with Crippen molar-refractivity contribution >= 4 is 26.0 Å². The highest BCUT2D eigenvalue weighted by Gasteiger charge is 2.34. The van der Waals surface area contributed by atoms with Crippen LogP contribution in [0.1, 0.15) is 13.3 Å². The standard InChI is InChI=1S/C12H15BrFNO3S/c1-2-10-8-18-6-5-15(10)19(16,17)12-4-3-9(14)7-11(12)13/h3-4,7,10H,2,5-6,8H2,1H3. The number of rotatable bonds is 3. The molecule has 1 aromatic carbocycles. The van der Waals surface area contributed by atoms with Gasteiger partial charge in [-0.3, -0.25) is 0 Å². The summed E-state index contributed by atoms with van der Waals surface area (Å²) in [6, 6.07) is 3.43. The van der Waals surface area contributed by atoms with Gasteiger partial charge in [0.2, 0.25) is 10.0 Å². The SMILES string of the molecule is CCC1COCCN1S(=O)(=O)c1ccc(F)cc1Br. The van der Waals surface area contributed by atoms with Crippen molar-refractivity contribution in [3.05, 3.63) is 28.5 Å². The molecule has 2 rings (SSSR count). The van der Waals surface area contributed by atoms with Gasteiger partial charge in [-0.1, -0.05) is 6.92 Å². The van der Waals surface area contributed by atoms with Crippen molar-refractivity contribution in [1.82, 2.24) is 4.31 Å². The zero-order valence-electron chi connectivity index (χ0n) is 10.5. The maximum Gasteiger partial charge on any atom is 0.244 e. The molecule has 0 amide bonds. The third kappa shape index (κ3) is 2.99. The van der Waals surface area contributed by atoms with E-state index in [0.717, 1.165) is 12.1 Å². The highest BCUT2D eigenvalue weighted by molar-refractivity contribution is 9.10. The second-order valence-corrected chi connectivity index (χ2v) is 7.04.